The van der Waals surface area contributed by atoms with Crippen molar-refractivity contribution < 1.29 is 13.2 Å². The number of ketones is 1. The van der Waals surface area contributed by atoms with Crippen molar-refractivity contribution in [2.75, 3.05) is 10.1 Å². The van der Waals surface area contributed by atoms with E-state index in [9.17, 15) is 13.2 Å². The number of fused-ring (bicyclic) bond motifs is 1. The van der Waals surface area contributed by atoms with Crippen molar-refractivity contribution in [2.45, 2.75) is 6.92 Å². The fourth-order valence-electron chi connectivity index (χ4n) is 1.67. The molecule has 0 fully saturated rings. The van der Waals surface area contributed by atoms with Gasteiger partial charge in [-0.15, -0.1) is 0 Å². The van der Waals surface area contributed by atoms with E-state index < -0.39 is 15.8 Å². The first-order chi connectivity index (χ1) is 7.56. The highest BCUT2D eigenvalue weighted by Crippen LogP contribution is 2.29. The second-order valence-corrected chi connectivity index (χ2v) is 5.32. The van der Waals surface area contributed by atoms with Gasteiger partial charge in [0.1, 0.15) is 5.75 Å². The van der Waals surface area contributed by atoms with Gasteiger partial charge in [-0.25, -0.2) is 12.7 Å². The van der Waals surface area contributed by atoms with Crippen molar-refractivity contribution in [2.24, 2.45) is 0 Å². The van der Waals surface area contributed by atoms with E-state index in [0.717, 1.165) is 4.31 Å². The molecule has 4 nitrogen and oxygen atoms in total. The minimum Gasteiger partial charge on any atom is -0.293 e. The van der Waals surface area contributed by atoms with Crippen LogP contribution in [-0.4, -0.2) is 20.0 Å². The maximum Gasteiger partial charge on any atom is 0.246 e. The minimum atomic E-state index is -3.55. The lowest BCUT2D eigenvalue weighted by Gasteiger charge is -2.26. The van der Waals surface area contributed by atoms with Crippen LogP contribution in [0.25, 0.3) is 0 Å². The lowest BCUT2D eigenvalue weighted by molar-refractivity contribution is 0.102. The third-order valence-corrected chi connectivity index (χ3v) is 3.88. The van der Waals surface area contributed by atoms with Crippen LogP contribution in [0.2, 0.25) is 0 Å². The molecule has 16 heavy (non-hydrogen) atoms. The van der Waals surface area contributed by atoms with Crippen molar-refractivity contribution in [3.05, 3.63) is 42.1 Å². The van der Waals surface area contributed by atoms with Crippen LogP contribution in [-0.2, 0) is 10.0 Å². The molecule has 5 heteroatoms. The maximum atomic E-state index is 11.8. The summed E-state index contributed by atoms with van der Waals surface area (Å²) < 4.78 is 24.8. The Kier molecular flexibility index (Phi) is 2.55. The van der Waals surface area contributed by atoms with E-state index in [2.05, 4.69) is 0 Å². The van der Waals surface area contributed by atoms with Crippen LogP contribution in [0.3, 0.4) is 0 Å². The number of rotatable bonds is 1. The fourth-order valence-corrected chi connectivity index (χ4v) is 3.06. The second kappa shape index (κ2) is 3.75. The summed E-state index contributed by atoms with van der Waals surface area (Å²) in [5.74, 6) is -0.815. The third kappa shape index (κ3) is 1.63. The van der Waals surface area contributed by atoms with Crippen LogP contribution >= 0.6 is 0 Å². The Bertz CT molecular complexity index is 560. The first-order valence-corrected chi connectivity index (χ1v) is 6.44. The number of hydrogen-bond donors (Lipinski definition) is 0. The number of Topliss-reactive ketones (excluding diaryl/α,β-unsaturated/α-hetero) is 1. The Hall–Kier alpha value is -1.62. The molecule has 0 bridgehead atoms. The van der Waals surface area contributed by atoms with Crippen LogP contribution in [0, 0.1) is 0 Å². The Balaban J connectivity index is 2.68. The quantitative estimate of drug-likeness (QED) is 0.744. The van der Waals surface area contributed by atoms with Gasteiger partial charge >= 0.3 is 0 Å². The lowest BCUT2D eigenvalue weighted by atomic mass is 10.1. The normalized spacial score (nSPS) is 18.8. The van der Waals surface area contributed by atoms with Gasteiger partial charge < -0.3 is 0 Å². The van der Waals surface area contributed by atoms with Crippen molar-refractivity contribution in [3.63, 3.8) is 0 Å². The number of carbonyl (C=O) groups excluding carboxylic acids is 1. The number of para-hydroxylation sites is 1. The smallest absolute Gasteiger partial charge is 0.246 e. The molecule has 0 atom stereocenters. The molecule has 1 aliphatic rings. The summed E-state index contributed by atoms with van der Waals surface area (Å²) >= 11 is 0. The predicted molar refractivity (Wildman–Crippen MR) is 61.9 cm³/mol. The van der Waals surface area contributed by atoms with Crippen LogP contribution in [0.1, 0.15) is 17.3 Å². The second-order valence-electron chi connectivity index (χ2n) is 3.47. The van der Waals surface area contributed by atoms with Crippen LogP contribution in [0.4, 0.5) is 5.69 Å². The molecule has 0 unspecified atom stereocenters. The molecule has 1 aromatic carbocycles. The molecular weight excluding hydrogens is 226 g/mol. The fraction of sp³-hybridized carbons (Fsp3) is 0.182. The van der Waals surface area contributed by atoms with E-state index >= 15 is 0 Å². The number of anilines is 1. The summed E-state index contributed by atoms with van der Waals surface area (Å²) in [6.07, 6.45) is 3.09. The molecule has 1 heterocycles. The van der Waals surface area contributed by atoms with Gasteiger partial charge in [0.2, 0.25) is 10.0 Å². The van der Waals surface area contributed by atoms with Gasteiger partial charge in [0.25, 0.3) is 0 Å². The number of carbonyl (C=O) groups is 1. The number of hydrogen-bond acceptors (Lipinski definition) is 3. The number of benzene rings is 1. The maximum absolute atomic E-state index is 11.8. The first kappa shape index (κ1) is 10.9. The Morgan fingerprint density at radius 3 is 2.69 bits per heavy atom. The van der Waals surface area contributed by atoms with Crippen molar-refractivity contribution in [1.82, 2.24) is 0 Å². The summed E-state index contributed by atoms with van der Waals surface area (Å²) in [4.78, 5) is 11.6. The topological polar surface area (TPSA) is 54.5 Å². The monoisotopic (exact) mass is 237 g/mol. The minimum absolute atomic E-state index is 0.351. The van der Waals surface area contributed by atoms with Crippen molar-refractivity contribution in [3.8, 4) is 0 Å². The standard InChI is InChI=1S/C11H11NO3S/c1-2-7-12-10-6-4-3-5-9(10)11(13)8-16(12,14)15/h2-7H,8H2,1H3/b7-2+. The molecule has 0 amide bonds. The summed E-state index contributed by atoms with van der Waals surface area (Å²) in [6.45, 7) is 1.73. The van der Waals surface area contributed by atoms with E-state index in [1.807, 2.05) is 0 Å². The Labute approximate surface area is 94.2 Å². The van der Waals surface area contributed by atoms with E-state index in [0.29, 0.717) is 11.3 Å². The van der Waals surface area contributed by atoms with Crippen molar-refractivity contribution in [1.29, 1.82) is 0 Å². The molecule has 1 aliphatic heterocycles. The summed E-state index contributed by atoms with van der Waals surface area (Å²) in [6, 6.07) is 6.71. The summed E-state index contributed by atoms with van der Waals surface area (Å²) in [7, 11) is -3.55. The number of nitrogens with zero attached hydrogens (tertiary/aromatic N) is 1. The molecule has 0 N–H and O–H groups in total. The van der Waals surface area contributed by atoms with E-state index in [1.54, 1.807) is 37.3 Å². The predicted octanol–water partition coefficient (Wildman–Crippen LogP) is 1.55. The Morgan fingerprint density at radius 2 is 2.00 bits per heavy atom. The van der Waals surface area contributed by atoms with E-state index in [-0.39, 0.29) is 5.78 Å². The van der Waals surface area contributed by atoms with Gasteiger partial charge in [-0.3, -0.25) is 4.79 Å². The largest absolute Gasteiger partial charge is 0.293 e. The zero-order chi connectivity index (χ0) is 11.8. The van der Waals surface area contributed by atoms with Gasteiger partial charge in [0, 0.05) is 11.8 Å². The SMILES string of the molecule is C/C=C/N1c2ccccc2C(=O)CS1(=O)=O. The van der Waals surface area contributed by atoms with Gasteiger partial charge in [-0.2, -0.15) is 0 Å². The molecule has 84 valence electrons. The van der Waals surface area contributed by atoms with Gasteiger partial charge in [-0.05, 0) is 19.1 Å². The molecule has 1 aromatic rings. The average molecular weight is 237 g/mol. The molecule has 0 saturated carbocycles. The zero-order valence-corrected chi connectivity index (χ0v) is 9.57. The molecule has 0 radical (unpaired) electrons. The summed E-state index contributed by atoms with van der Waals surface area (Å²) in [5.41, 5.74) is 0.882. The molecule has 0 aromatic heterocycles. The summed E-state index contributed by atoms with van der Waals surface area (Å²) in [5, 5.41) is 0. The lowest BCUT2D eigenvalue weighted by Crippen LogP contribution is -2.37. The molecule has 0 spiro atoms. The van der Waals surface area contributed by atoms with Crippen LogP contribution in [0.5, 0.6) is 0 Å². The van der Waals surface area contributed by atoms with Gasteiger partial charge in [-0.1, -0.05) is 18.2 Å². The van der Waals surface area contributed by atoms with Gasteiger partial charge in [0.05, 0.1) is 5.69 Å². The molecule has 0 aliphatic carbocycles. The number of allylic oxidation sites excluding steroid dienone is 1. The zero-order valence-electron chi connectivity index (χ0n) is 8.75. The van der Waals surface area contributed by atoms with E-state index in [1.165, 1.54) is 6.20 Å². The average Bonchev–Trinajstić information content (AvgIpc) is 2.23. The number of sulfonamides is 1. The highest BCUT2D eigenvalue weighted by Gasteiger charge is 2.33. The van der Waals surface area contributed by atoms with Gasteiger partial charge in [0.15, 0.2) is 5.78 Å². The third-order valence-electron chi connectivity index (χ3n) is 2.34. The molecule has 0 saturated heterocycles. The highest BCUT2D eigenvalue weighted by atomic mass is 32.2. The molecule has 2 rings (SSSR count). The van der Waals surface area contributed by atoms with Crippen LogP contribution < -0.4 is 4.31 Å². The van der Waals surface area contributed by atoms with Crippen LogP contribution in [0.15, 0.2) is 36.5 Å². The highest BCUT2D eigenvalue weighted by molar-refractivity contribution is 7.93. The first-order valence-electron chi connectivity index (χ1n) is 4.83. The van der Waals surface area contributed by atoms with E-state index in [4.69, 9.17) is 0 Å². The Morgan fingerprint density at radius 1 is 1.31 bits per heavy atom. The molecular formula is C11H11NO3S. The van der Waals surface area contributed by atoms with Crippen molar-refractivity contribution >= 4 is 21.5 Å².